The fourth-order valence-corrected chi connectivity index (χ4v) is 2.76. The normalized spacial score (nSPS) is 20.1. The zero-order chi connectivity index (χ0) is 12.2. The molecule has 0 aromatic heterocycles. The van der Waals surface area contributed by atoms with Crippen molar-refractivity contribution in [2.75, 3.05) is 19.8 Å². The highest BCUT2D eigenvalue weighted by atomic mass is 16.5. The van der Waals surface area contributed by atoms with Gasteiger partial charge in [0.2, 0.25) is 0 Å². The van der Waals surface area contributed by atoms with E-state index in [1.165, 1.54) is 19.3 Å². The number of ether oxygens (including phenoxy) is 1. The first-order valence-corrected chi connectivity index (χ1v) is 6.61. The Hall–Kier alpha value is -0.0800. The van der Waals surface area contributed by atoms with Crippen molar-refractivity contribution in [3.05, 3.63) is 0 Å². The van der Waals surface area contributed by atoms with E-state index in [4.69, 9.17) is 4.74 Å². The first-order valence-electron chi connectivity index (χ1n) is 6.61. The fourth-order valence-electron chi connectivity index (χ4n) is 2.76. The summed E-state index contributed by atoms with van der Waals surface area (Å²) in [6.07, 6.45) is 3.65. The molecule has 0 aromatic rings. The molecule has 1 fully saturated rings. The Morgan fingerprint density at radius 2 is 1.62 bits per heavy atom. The van der Waals surface area contributed by atoms with E-state index in [0.717, 1.165) is 25.7 Å². The van der Waals surface area contributed by atoms with Crippen LogP contribution in [-0.4, -0.2) is 25.3 Å². The van der Waals surface area contributed by atoms with Crippen LogP contribution in [0.25, 0.3) is 0 Å². The predicted octanol–water partition coefficient (Wildman–Crippen LogP) is 3.22. The van der Waals surface area contributed by atoms with Crippen molar-refractivity contribution in [1.82, 2.24) is 5.32 Å². The lowest BCUT2D eigenvalue weighted by atomic mass is 9.81. The van der Waals surface area contributed by atoms with Gasteiger partial charge in [-0.15, -0.1) is 0 Å². The van der Waals surface area contributed by atoms with Crippen molar-refractivity contribution in [1.29, 1.82) is 0 Å². The summed E-state index contributed by atoms with van der Waals surface area (Å²) in [6, 6.07) is 0. The smallest absolute Gasteiger partial charge is 0.0469 e. The van der Waals surface area contributed by atoms with Gasteiger partial charge in [0, 0.05) is 18.8 Å². The molecule has 1 rings (SSSR count). The van der Waals surface area contributed by atoms with E-state index in [0.29, 0.717) is 5.41 Å². The van der Waals surface area contributed by atoms with Gasteiger partial charge in [0.05, 0.1) is 0 Å². The molecule has 1 heterocycles. The zero-order valence-corrected chi connectivity index (χ0v) is 11.7. The highest BCUT2D eigenvalue weighted by Gasteiger charge is 2.26. The van der Waals surface area contributed by atoms with Gasteiger partial charge in [-0.1, -0.05) is 20.8 Å². The van der Waals surface area contributed by atoms with Crippen LogP contribution in [0.2, 0.25) is 0 Å². The quantitative estimate of drug-likeness (QED) is 0.796. The van der Waals surface area contributed by atoms with E-state index < -0.39 is 0 Å². The molecular weight excluding hydrogens is 198 g/mol. The molecule has 0 radical (unpaired) electrons. The zero-order valence-electron chi connectivity index (χ0n) is 11.7. The molecule has 1 aliphatic rings. The monoisotopic (exact) mass is 227 g/mol. The Balaban J connectivity index is 2.29. The van der Waals surface area contributed by atoms with E-state index in [-0.39, 0.29) is 5.54 Å². The summed E-state index contributed by atoms with van der Waals surface area (Å²) in [7, 11) is 0. The standard InChI is InChI=1S/C14H29NO/c1-13(2,3)11-14(4,5)15-10-12-6-8-16-9-7-12/h12,15H,6-11H2,1-5H3. The molecule has 0 amide bonds. The van der Waals surface area contributed by atoms with Gasteiger partial charge in [-0.25, -0.2) is 0 Å². The van der Waals surface area contributed by atoms with Crippen molar-refractivity contribution in [2.24, 2.45) is 11.3 Å². The van der Waals surface area contributed by atoms with Gasteiger partial charge >= 0.3 is 0 Å². The van der Waals surface area contributed by atoms with E-state index in [1.807, 2.05) is 0 Å². The minimum absolute atomic E-state index is 0.247. The summed E-state index contributed by atoms with van der Waals surface area (Å²) in [5, 5.41) is 3.73. The van der Waals surface area contributed by atoms with Crippen LogP contribution in [0.15, 0.2) is 0 Å². The van der Waals surface area contributed by atoms with Crippen molar-refractivity contribution < 1.29 is 4.74 Å². The van der Waals surface area contributed by atoms with Crippen LogP contribution in [-0.2, 0) is 4.74 Å². The molecule has 2 heteroatoms. The Morgan fingerprint density at radius 1 is 1.06 bits per heavy atom. The molecule has 2 nitrogen and oxygen atoms in total. The lowest BCUT2D eigenvalue weighted by Gasteiger charge is -2.35. The third-order valence-corrected chi connectivity index (χ3v) is 3.18. The summed E-state index contributed by atoms with van der Waals surface area (Å²) >= 11 is 0. The van der Waals surface area contributed by atoms with Gasteiger partial charge in [-0.05, 0) is 51.0 Å². The van der Waals surface area contributed by atoms with Gasteiger partial charge < -0.3 is 10.1 Å². The second-order valence-corrected chi connectivity index (χ2v) is 7.06. The van der Waals surface area contributed by atoms with Crippen LogP contribution in [0.4, 0.5) is 0 Å². The molecule has 0 atom stereocenters. The highest BCUT2D eigenvalue weighted by molar-refractivity contribution is 4.84. The number of rotatable bonds is 4. The average molecular weight is 227 g/mol. The van der Waals surface area contributed by atoms with Crippen LogP contribution in [0, 0.1) is 11.3 Å². The molecule has 16 heavy (non-hydrogen) atoms. The average Bonchev–Trinajstić information content (AvgIpc) is 2.13. The summed E-state index contributed by atoms with van der Waals surface area (Å²) < 4.78 is 5.38. The SMILES string of the molecule is CC(C)(C)CC(C)(C)NCC1CCOCC1. The van der Waals surface area contributed by atoms with Crippen molar-refractivity contribution in [2.45, 2.75) is 59.4 Å². The number of nitrogens with one attached hydrogen (secondary N) is 1. The van der Waals surface area contributed by atoms with Crippen LogP contribution < -0.4 is 5.32 Å². The second kappa shape index (κ2) is 5.50. The maximum absolute atomic E-state index is 5.38. The molecule has 0 saturated carbocycles. The van der Waals surface area contributed by atoms with Gasteiger partial charge in [0.1, 0.15) is 0 Å². The summed E-state index contributed by atoms with van der Waals surface area (Å²) in [6.45, 7) is 14.6. The minimum atomic E-state index is 0.247. The summed E-state index contributed by atoms with van der Waals surface area (Å²) in [5.41, 5.74) is 0.642. The second-order valence-electron chi connectivity index (χ2n) is 7.06. The van der Waals surface area contributed by atoms with E-state index in [9.17, 15) is 0 Å². The molecular formula is C14H29NO. The largest absolute Gasteiger partial charge is 0.381 e. The van der Waals surface area contributed by atoms with Gasteiger partial charge in [0.15, 0.2) is 0 Å². The number of hydrogen-bond donors (Lipinski definition) is 1. The summed E-state index contributed by atoms with van der Waals surface area (Å²) in [5.74, 6) is 0.813. The maximum atomic E-state index is 5.38. The molecule has 96 valence electrons. The lowest BCUT2D eigenvalue weighted by Crippen LogP contribution is -2.45. The Kier molecular flexibility index (Phi) is 4.81. The molecule has 1 saturated heterocycles. The first kappa shape index (κ1) is 14.0. The molecule has 0 unspecified atom stereocenters. The van der Waals surface area contributed by atoms with Gasteiger partial charge in [-0.3, -0.25) is 0 Å². The minimum Gasteiger partial charge on any atom is -0.381 e. The summed E-state index contributed by atoms with van der Waals surface area (Å²) in [4.78, 5) is 0. The van der Waals surface area contributed by atoms with Crippen molar-refractivity contribution >= 4 is 0 Å². The fraction of sp³-hybridized carbons (Fsp3) is 1.00. The topological polar surface area (TPSA) is 21.3 Å². The predicted molar refractivity (Wildman–Crippen MR) is 69.7 cm³/mol. The van der Waals surface area contributed by atoms with Gasteiger partial charge in [-0.2, -0.15) is 0 Å². The Bertz CT molecular complexity index is 199. The third kappa shape index (κ3) is 5.86. The highest BCUT2D eigenvalue weighted by Crippen LogP contribution is 2.27. The lowest BCUT2D eigenvalue weighted by molar-refractivity contribution is 0.0629. The molecule has 1 aliphatic heterocycles. The van der Waals surface area contributed by atoms with Crippen LogP contribution >= 0.6 is 0 Å². The Labute approximate surface area is 101 Å². The molecule has 0 aliphatic carbocycles. The van der Waals surface area contributed by atoms with Crippen molar-refractivity contribution in [3.8, 4) is 0 Å². The Morgan fingerprint density at radius 3 is 2.12 bits per heavy atom. The maximum Gasteiger partial charge on any atom is 0.0469 e. The van der Waals surface area contributed by atoms with E-state index >= 15 is 0 Å². The molecule has 1 N–H and O–H groups in total. The van der Waals surface area contributed by atoms with Gasteiger partial charge in [0.25, 0.3) is 0 Å². The van der Waals surface area contributed by atoms with Crippen LogP contribution in [0.5, 0.6) is 0 Å². The van der Waals surface area contributed by atoms with E-state index in [1.54, 1.807) is 0 Å². The molecule has 0 aromatic carbocycles. The first-order chi connectivity index (χ1) is 7.29. The van der Waals surface area contributed by atoms with Crippen molar-refractivity contribution in [3.63, 3.8) is 0 Å². The van der Waals surface area contributed by atoms with Crippen LogP contribution in [0.1, 0.15) is 53.9 Å². The molecule has 0 bridgehead atoms. The third-order valence-electron chi connectivity index (χ3n) is 3.18. The number of hydrogen-bond acceptors (Lipinski definition) is 2. The van der Waals surface area contributed by atoms with E-state index in [2.05, 4.69) is 39.9 Å². The molecule has 0 spiro atoms. The van der Waals surface area contributed by atoms with Crippen LogP contribution in [0.3, 0.4) is 0 Å².